The number of anilines is 1. The Labute approximate surface area is 190 Å². The van der Waals surface area contributed by atoms with Gasteiger partial charge in [-0.1, -0.05) is 23.2 Å². The number of hydrogen-bond acceptors (Lipinski definition) is 7. The maximum absolute atomic E-state index is 12.1. The molecule has 4 rings (SSSR count). The lowest BCUT2D eigenvalue weighted by atomic mass is 10.1. The van der Waals surface area contributed by atoms with Crippen molar-refractivity contribution in [3.8, 4) is 23.0 Å². The third-order valence-corrected chi connectivity index (χ3v) is 5.28. The summed E-state index contributed by atoms with van der Waals surface area (Å²) < 4.78 is 10.7. The molecule has 9 heteroatoms. The number of carbonyl (C=O) groups excluding carboxylic acids is 1. The van der Waals surface area contributed by atoms with Crippen LogP contribution in [0.4, 0.5) is 5.82 Å². The Kier molecular flexibility index (Phi) is 6.53. The molecule has 1 saturated heterocycles. The molecule has 7 nitrogen and oxygen atoms in total. The van der Waals surface area contributed by atoms with Crippen molar-refractivity contribution in [2.45, 2.75) is 19.3 Å². The van der Waals surface area contributed by atoms with E-state index < -0.39 is 5.97 Å². The summed E-state index contributed by atoms with van der Waals surface area (Å²) in [7, 11) is 1.28. The molecule has 0 spiro atoms. The third kappa shape index (κ3) is 5.24. The van der Waals surface area contributed by atoms with Gasteiger partial charge in [0.25, 0.3) is 0 Å². The van der Waals surface area contributed by atoms with E-state index >= 15 is 0 Å². The highest BCUT2D eigenvalue weighted by molar-refractivity contribution is 6.35. The van der Waals surface area contributed by atoms with Crippen LogP contribution in [-0.4, -0.2) is 41.1 Å². The van der Waals surface area contributed by atoms with Gasteiger partial charge in [0, 0.05) is 34.8 Å². The van der Waals surface area contributed by atoms with Crippen LogP contribution in [0.15, 0.2) is 42.6 Å². The second kappa shape index (κ2) is 9.49. The number of aromatic nitrogens is 3. The molecule has 0 unspecified atom stereocenters. The lowest BCUT2D eigenvalue weighted by Gasteiger charge is -2.27. The predicted molar refractivity (Wildman–Crippen MR) is 119 cm³/mol. The van der Waals surface area contributed by atoms with Crippen molar-refractivity contribution in [3.63, 3.8) is 0 Å². The number of esters is 1. The van der Waals surface area contributed by atoms with Crippen LogP contribution in [0.3, 0.4) is 0 Å². The molecule has 0 N–H and O–H groups in total. The zero-order valence-corrected chi connectivity index (χ0v) is 18.4. The number of ether oxygens (including phenoxy) is 2. The van der Waals surface area contributed by atoms with Gasteiger partial charge in [0.2, 0.25) is 5.88 Å². The largest absolute Gasteiger partial charge is 0.464 e. The molecule has 0 aliphatic carbocycles. The number of rotatable bonds is 5. The Balaban J connectivity index is 1.63. The maximum atomic E-state index is 12.1. The van der Waals surface area contributed by atoms with Crippen molar-refractivity contribution in [2.75, 3.05) is 25.1 Å². The van der Waals surface area contributed by atoms with Gasteiger partial charge in [0.1, 0.15) is 11.6 Å². The highest BCUT2D eigenvalue weighted by Crippen LogP contribution is 2.29. The van der Waals surface area contributed by atoms with Crippen molar-refractivity contribution in [1.29, 1.82) is 0 Å². The van der Waals surface area contributed by atoms with Gasteiger partial charge in [0.15, 0.2) is 11.5 Å². The summed E-state index contributed by atoms with van der Waals surface area (Å²) in [6.07, 6.45) is 5.24. The summed E-state index contributed by atoms with van der Waals surface area (Å²) in [5, 5.41) is 0.851. The topological polar surface area (TPSA) is 77.4 Å². The summed E-state index contributed by atoms with van der Waals surface area (Å²) in [6, 6.07) is 10.1. The Morgan fingerprint density at radius 2 is 1.74 bits per heavy atom. The van der Waals surface area contributed by atoms with Gasteiger partial charge in [-0.3, -0.25) is 0 Å². The summed E-state index contributed by atoms with van der Waals surface area (Å²) in [4.78, 5) is 27.6. The molecule has 1 fully saturated rings. The number of piperidine rings is 1. The van der Waals surface area contributed by atoms with Crippen LogP contribution in [0.25, 0.3) is 11.4 Å². The van der Waals surface area contributed by atoms with Crippen molar-refractivity contribution in [1.82, 2.24) is 15.0 Å². The molecule has 3 heterocycles. The lowest BCUT2D eigenvalue weighted by molar-refractivity contribution is 0.0593. The minimum atomic E-state index is -0.611. The summed E-state index contributed by atoms with van der Waals surface area (Å²) in [5.41, 5.74) is 0.600. The highest BCUT2D eigenvalue weighted by Gasteiger charge is 2.16. The Hall–Kier alpha value is -2.90. The third-order valence-electron chi connectivity index (χ3n) is 4.84. The minimum absolute atomic E-state index is 0.0523. The second-order valence-electron chi connectivity index (χ2n) is 7.07. The van der Waals surface area contributed by atoms with Gasteiger partial charge < -0.3 is 14.4 Å². The smallest absolute Gasteiger partial charge is 0.356 e. The van der Waals surface area contributed by atoms with E-state index in [1.165, 1.54) is 32.4 Å². The Bertz CT molecular complexity index is 1070. The van der Waals surface area contributed by atoms with E-state index in [1.807, 2.05) is 12.1 Å². The SMILES string of the molecule is COC(=O)c1cc(Oc2ccc(N3CCCCC3)nc2)nc(-c2cc(Cl)cc(Cl)c2)n1. The van der Waals surface area contributed by atoms with Crippen LogP contribution in [0.5, 0.6) is 11.6 Å². The van der Waals surface area contributed by atoms with Gasteiger partial charge in [-0.15, -0.1) is 0 Å². The van der Waals surface area contributed by atoms with E-state index in [0.29, 0.717) is 21.4 Å². The molecule has 0 atom stereocenters. The fourth-order valence-electron chi connectivity index (χ4n) is 3.36. The number of methoxy groups -OCH3 is 1. The Morgan fingerprint density at radius 1 is 1.00 bits per heavy atom. The van der Waals surface area contributed by atoms with E-state index in [0.717, 1.165) is 18.9 Å². The monoisotopic (exact) mass is 458 g/mol. The van der Waals surface area contributed by atoms with Crippen molar-refractivity contribution in [2.24, 2.45) is 0 Å². The fourth-order valence-corrected chi connectivity index (χ4v) is 3.89. The Morgan fingerprint density at radius 3 is 2.39 bits per heavy atom. The van der Waals surface area contributed by atoms with E-state index in [-0.39, 0.29) is 17.4 Å². The van der Waals surface area contributed by atoms with Gasteiger partial charge in [0.05, 0.1) is 13.3 Å². The minimum Gasteiger partial charge on any atom is -0.464 e. The number of benzene rings is 1. The molecule has 2 aromatic heterocycles. The average molecular weight is 459 g/mol. The van der Waals surface area contributed by atoms with Gasteiger partial charge >= 0.3 is 5.97 Å². The average Bonchev–Trinajstić information content (AvgIpc) is 2.79. The van der Waals surface area contributed by atoms with Gasteiger partial charge in [-0.05, 0) is 49.6 Å². The predicted octanol–water partition coefficient (Wildman–Crippen LogP) is 5.41. The maximum Gasteiger partial charge on any atom is 0.356 e. The molecule has 3 aromatic rings. The fraction of sp³-hybridized carbons (Fsp3) is 0.273. The molecule has 31 heavy (non-hydrogen) atoms. The number of hydrogen-bond donors (Lipinski definition) is 0. The first-order chi connectivity index (χ1) is 15.0. The highest BCUT2D eigenvalue weighted by atomic mass is 35.5. The van der Waals surface area contributed by atoms with Crippen LogP contribution < -0.4 is 9.64 Å². The summed E-state index contributed by atoms with van der Waals surface area (Å²) in [5.74, 6) is 1.21. The molecule has 160 valence electrons. The number of nitrogens with zero attached hydrogens (tertiary/aromatic N) is 4. The van der Waals surface area contributed by atoms with Crippen LogP contribution >= 0.6 is 23.2 Å². The second-order valence-corrected chi connectivity index (χ2v) is 7.94. The van der Waals surface area contributed by atoms with Gasteiger partial charge in [-0.2, -0.15) is 4.98 Å². The molecular formula is C22H20Cl2N4O3. The zero-order chi connectivity index (χ0) is 21.8. The first-order valence-electron chi connectivity index (χ1n) is 9.84. The van der Waals surface area contributed by atoms with Crippen molar-refractivity contribution < 1.29 is 14.3 Å². The molecule has 0 amide bonds. The van der Waals surface area contributed by atoms with E-state index in [9.17, 15) is 4.79 Å². The zero-order valence-electron chi connectivity index (χ0n) is 16.8. The summed E-state index contributed by atoms with van der Waals surface area (Å²) >= 11 is 12.2. The number of halogens is 2. The molecule has 1 aliphatic rings. The quantitative estimate of drug-likeness (QED) is 0.472. The molecule has 1 aliphatic heterocycles. The molecule has 1 aromatic carbocycles. The summed E-state index contributed by atoms with van der Waals surface area (Å²) in [6.45, 7) is 2.01. The number of carbonyl (C=O) groups is 1. The van der Waals surface area contributed by atoms with Gasteiger partial charge in [-0.25, -0.2) is 14.8 Å². The van der Waals surface area contributed by atoms with Crippen LogP contribution in [0, 0.1) is 0 Å². The molecule has 0 saturated carbocycles. The van der Waals surface area contributed by atoms with E-state index in [1.54, 1.807) is 24.4 Å². The first-order valence-corrected chi connectivity index (χ1v) is 10.6. The lowest BCUT2D eigenvalue weighted by Crippen LogP contribution is -2.29. The normalized spacial score (nSPS) is 13.7. The van der Waals surface area contributed by atoms with E-state index in [4.69, 9.17) is 32.7 Å². The standard InChI is InChI=1S/C22H20Cl2N4O3/c1-30-22(29)18-12-20(27-21(26-18)14-9-15(23)11-16(24)10-14)31-17-5-6-19(25-13-17)28-7-3-2-4-8-28/h5-6,9-13H,2-4,7-8H2,1H3. The van der Waals surface area contributed by atoms with E-state index in [2.05, 4.69) is 19.9 Å². The van der Waals surface area contributed by atoms with Crippen LogP contribution in [0.1, 0.15) is 29.8 Å². The number of pyridine rings is 1. The van der Waals surface area contributed by atoms with Crippen LogP contribution in [-0.2, 0) is 4.74 Å². The van der Waals surface area contributed by atoms with Crippen LogP contribution in [0.2, 0.25) is 10.0 Å². The molecule has 0 bridgehead atoms. The molecular weight excluding hydrogens is 439 g/mol. The first kappa shape index (κ1) is 21.3. The van der Waals surface area contributed by atoms with Crippen molar-refractivity contribution in [3.05, 3.63) is 58.3 Å². The molecule has 0 radical (unpaired) electrons. The van der Waals surface area contributed by atoms with Crippen molar-refractivity contribution >= 4 is 35.0 Å².